The van der Waals surface area contributed by atoms with Crippen LogP contribution < -0.4 is 24.8 Å². The summed E-state index contributed by atoms with van der Waals surface area (Å²) >= 11 is 0. The third-order valence-corrected chi connectivity index (χ3v) is 1.80. The zero-order valence-corrected chi connectivity index (χ0v) is 12.6. The summed E-state index contributed by atoms with van der Waals surface area (Å²) in [5, 5.41) is 9.23. The van der Waals surface area contributed by atoms with Crippen LogP contribution in [0.3, 0.4) is 0 Å². The van der Waals surface area contributed by atoms with Crippen LogP contribution in [0.4, 0.5) is 0 Å². The van der Waals surface area contributed by atoms with E-state index >= 15 is 0 Å². The van der Waals surface area contributed by atoms with Gasteiger partial charge in [-0.3, -0.25) is 0 Å². The summed E-state index contributed by atoms with van der Waals surface area (Å²) < 4.78 is 0. The molecule has 6 heteroatoms. The van der Waals surface area contributed by atoms with Crippen molar-refractivity contribution in [2.75, 3.05) is 0 Å². The van der Waals surface area contributed by atoms with E-state index in [1.165, 1.54) is 0 Å². The minimum atomic E-state index is 0. The van der Waals surface area contributed by atoms with E-state index in [4.69, 9.17) is 5.53 Å². The zero-order valence-electron chi connectivity index (χ0n) is 8.09. The molecule has 0 saturated carbocycles. The number of hydrogen-bond acceptors (Lipinski definition) is 1. The van der Waals surface area contributed by atoms with Gasteiger partial charge >= 0.3 is 19.5 Å². The molecule has 1 aliphatic rings. The second kappa shape index (κ2) is 8.19. The molecule has 0 saturated heterocycles. The van der Waals surface area contributed by atoms with Crippen LogP contribution in [-0.2, 0) is 19.5 Å². The molecule has 0 amide bonds. The van der Waals surface area contributed by atoms with Crippen molar-refractivity contribution in [3.05, 3.63) is 28.5 Å². The summed E-state index contributed by atoms with van der Waals surface area (Å²) in [5.41, 5.74) is 10.8. The van der Waals surface area contributed by atoms with Gasteiger partial charge in [-0.2, -0.15) is 4.79 Å². The van der Waals surface area contributed by atoms with E-state index in [9.17, 15) is 5.11 Å². The molecule has 1 rings (SSSR count). The molecule has 74 valence electrons. The normalized spacial score (nSPS) is 14.1. The van der Waals surface area contributed by atoms with Gasteiger partial charge in [0.15, 0.2) is 0 Å². The van der Waals surface area contributed by atoms with E-state index in [1.54, 1.807) is 13.0 Å². The summed E-state index contributed by atoms with van der Waals surface area (Å²) in [6.07, 6.45) is 2.14. The Balaban J connectivity index is -0.000000403. The average molecular weight is 286 g/mol. The van der Waals surface area contributed by atoms with Gasteiger partial charge in [0.05, 0.1) is 6.42 Å². The number of allylic oxidation sites excluding steroid dienone is 3. The molecule has 3 nitrogen and oxygen atoms in total. The molecule has 1 N–H and O–H groups in total. The Kier molecular flexibility index (Phi) is 11.4. The molecule has 0 aromatic carbocycles. The molecule has 0 fully saturated rings. The summed E-state index contributed by atoms with van der Waals surface area (Å²) in [7, 11) is 0. The first-order chi connectivity index (χ1) is 5.15. The van der Waals surface area contributed by atoms with Crippen LogP contribution in [0, 0.1) is 0 Å². The van der Waals surface area contributed by atoms with Crippen molar-refractivity contribution in [3.8, 4) is 0 Å². The predicted molar refractivity (Wildman–Crippen MR) is 42.3 cm³/mol. The Morgan fingerprint density at radius 3 is 2.29 bits per heavy atom. The van der Waals surface area contributed by atoms with Crippen LogP contribution in [-0.4, -0.2) is 15.6 Å². The number of hydrogen-bond donors (Lipinski definition) is 1. The summed E-state index contributed by atoms with van der Waals surface area (Å²) in [5.74, 6) is 0.287. The number of aliphatic hydroxyl groups excluding tert-OH is 1. The quantitative estimate of drug-likeness (QED) is 0.274. The molecule has 0 unspecified atom stereocenters. The van der Waals surface area contributed by atoms with Gasteiger partial charge in [0.2, 0.25) is 0 Å². The van der Waals surface area contributed by atoms with E-state index in [0.29, 0.717) is 12.1 Å². The van der Waals surface area contributed by atoms with Gasteiger partial charge in [0.1, 0.15) is 5.76 Å². The smallest absolute Gasteiger partial charge is 1.00 e. The number of aliphatic hydroxyl groups is 1. The Hall–Kier alpha value is -0.137. The Bertz CT molecular complexity index is 306. The van der Waals surface area contributed by atoms with Crippen LogP contribution in [0.5, 0.6) is 0 Å². The standard InChI is InChI=1S/C8H10N2O.2ClH.Zn/c1-5-4-8(11)6(2)3-7(5)10-9;;;/h4,11H,3H2,1-2H3;2*1H;/q;;;+2/p-2. The van der Waals surface area contributed by atoms with Gasteiger partial charge in [0, 0.05) is 5.57 Å². The first-order valence-electron chi connectivity index (χ1n) is 3.43. The zero-order chi connectivity index (χ0) is 8.43. The molecule has 0 heterocycles. The molecule has 0 radical (unpaired) electrons. The van der Waals surface area contributed by atoms with Crippen LogP contribution in [0.25, 0.3) is 5.53 Å². The van der Waals surface area contributed by atoms with Crippen molar-refractivity contribution in [2.45, 2.75) is 20.3 Å². The molecule has 0 aromatic heterocycles. The van der Waals surface area contributed by atoms with Crippen LogP contribution >= 0.6 is 0 Å². The van der Waals surface area contributed by atoms with E-state index in [2.05, 4.69) is 4.79 Å². The summed E-state index contributed by atoms with van der Waals surface area (Å²) in [6, 6.07) is 0. The molecule has 0 spiro atoms. The Morgan fingerprint density at radius 2 is 1.86 bits per heavy atom. The van der Waals surface area contributed by atoms with Crippen molar-refractivity contribution in [2.24, 2.45) is 0 Å². The third kappa shape index (κ3) is 4.39. The Labute approximate surface area is 108 Å². The first kappa shape index (κ1) is 19.4. The molecule has 0 bridgehead atoms. The minimum absolute atomic E-state index is 0. The van der Waals surface area contributed by atoms with Gasteiger partial charge in [-0.1, -0.05) is 0 Å². The van der Waals surface area contributed by atoms with E-state index in [1.807, 2.05) is 6.92 Å². The number of nitrogens with zero attached hydrogens (tertiary/aromatic N) is 2. The van der Waals surface area contributed by atoms with Crippen LogP contribution in [0.2, 0.25) is 0 Å². The van der Waals surface area contributed by atoms with Crippen molar-refractivity contribution < 1.29 is 54.2 Å². The van der Waals surface area contributed by atoms with Crippen molar-refractivity contribution >= 4 is 5.71 Å². The minimum Gasteiger partial charge on any atom is -1.00 e. The van der Waals surface area contributed by atoms with E-state index in [-0.39, 0.29) is 50.1 Å². The van der Waals surface area contributed by atoms with Crippen molar-refractivity contribution in [1.82, 2.24) is 0 Å². The average Bonchev–Trinajstić information content (AvgIpc) is 1.97. The molecular weight excluding hydrogens is 276 g/mol. The molecule has 14 heavy (non-hydrogen) atoms. The number of halogens is 2. The van der Waals surface area contributed by atoms with Gasteiger partial charge in [-0.15, -0.1) is 0 Å². The van der Waals surface area contributed by atoms with Gasteiger partial charge in [0.25, 0.3) is 5.71 Å². The third-order valence-electron chi connectivity index (χ3n) is 1.80. The maximum atomic E-state index is 9.23. The second-order valence-corrected chi connectivity index (χ2v) is 2.72. The van der Waals surface area contributed by atoms with Crippen LogP contribution in [0.15, 0.2) is 23.0 Å². The maximum absolute atomic E-state index is 9.23. The van der Waals surface area contributed by atoms with E-state index < -0.39 is 0 Å². The van der Waals surface area contributed by atoms with Gasteiger partial charge in [-0.25, -0.2) is 0 Å². The van der Waals surface area contributed by atoms with Crippen molar-refractivity contribution in [3.63, 3.8) is 0 Å². The van der Waals surface area contributed by atoms with Gasteiger partial charge in [-0.05, 0) is 25.5 Å². The summed E-state index contributed by atoms with van der Waals surface area (Å²) in [6.45, 7) is 3.61. The fraction of sp³-hybridized carbons (Fsp3) is 0.375. The maximum Gasteiger partial charge on any atom is 2.00 e. The fourth-order valence-electron chi connectivity index (χ4n) is 1.01. The Morgan fingerprint density at radius 1 is 1.36 bits per heavy atom. The monoisotopic (exact) mass is 284 g/mol. The SMILES string of the molecule is CC1=CC(O)=C(C)CC1=[N+]=[N-].[Cl-].[Cl-].[Zn+2]. The predicted octanol–water partition coefficient (Wildman–Crippen LogP) is -4.16. The molecule has 0 aliphatic heterocycles. The summed E-state index contributed by atoms with van der Waals surface area (Å²) in [4.78, 5) is 3.12. The molecule has 1 aliphatic carbocycles. The molecule has 0 atom stereocenters. The van der Waals surface area contributed by atoms with Gasteiger partial charge < -0.3 is 35.5 Å². The molecule has 0 aromatic rings. The topological polar surface area (TPSA) is 56.6 Å². The molecular formula is C8H10Cl2N2OZn. The van der Waals surface area contributed by atoms with Crippen molar-refractivity contribution in [1.29, 1.82) is 0 Å². The van der Waals surface area contributed by atoms with Crippen LogP contribution in [0.1, 0.15) is 20.3 Å². The largest absolute Gasteiger partial charge is 2.00 e. The fourth-order valence-corrected chi connectivity index (χ4v) is 1.01. The second-order valence-electron chi connectivity index (χ2n) is 2.72. The first-order valence-corrected chi connectivity index (χ1v) is 3.43. The number of rotatable bonds is 0. The van der Waals surface area contributed by atoms with E-state index in [0.717, 1.165) is 11.1 Å².